The van der Waals surface area contributed by atoms with Gasteiger partial charge in [0.1, 0.15) is 34.2 Å². The topological polar surface area (TPSA) is 67.2 Å². The van der Waals surface area contributed by atoms with Crippen LogP contribution in [0.2, 0.25) is 0 Å². The van der Waals surface area contributed by atoms with Crippen molar-refractivity contribution in [2.45, 2.75) is 0 Å². The van der Waals surface area contributed by atoms with E-state index in [0.29, 0.717) is 37.4 Å². The standard InChI is InChI=1S/C24H20F2N6O/c25-18-4-2-6-20(32-27-9-10-28-32)22(18)24(33)31-13-16-11-30(12-17(16)14-31)21-8-7-15-3-1-5-19(26)23(15)29-21/h1-10,16-17H,11-14H2. The second kappa shape index (κ2) is 7.61. The van der Waals surface area contributed by atoms with Crippen LogP contribution in [0.25, 0.3) is 16.6 Å². The van der Waals surface area contributed by atoms with Crippen LogP contribution in [0.15, 0.2) is 60.9 Å². The Balaban J connectivity index is 1.21. The Kier molecular flexibility index (Phi) is 4.56. The lowest BCUT2D eigenvalue weighted by Gasteiger charge is -2.23. The van der Waals surface area contributed by atoms with Crippen LogP contribution < -0.4 is 4.90 Å². The van der Waals surface area contributed by atoms with E-state index in [4.69, 9.17) is 0 Å². The summed E-state index contributed by atoms with van der Waals surface area (Å²) in [6, 6.07) is 13.2. The first-order valence-corrected chi connectivity index (χ1v) is 10.8. The molecule has 1 amide bonds. The number of rotatable bonds is 3. The predicted molar refractivity (Wildman–Crippen MR) is 118 cm³/mol. The van der Waals surface area contributed by atoms with E-state index in [1.54, 1.807) is 23.1 Å². The molecule has 2 aliphatic rings. The third-order valence-corrected chi connectivity index (χ3v) is 6.59. The molecule has 9 heteroatoms. The zero-order valence-corrected chi connectivity index (χ0v) is 17.6. The van der Waals surface area contributed by atoms with Crippen LogP contribution in [0.3, 0.4) is 0 Å². The van der Waals surface area contributed by atoms with Gasteiger partial charge in [0.15, 0.2) is 0 Å². The number of amides is 1. The minimum Gasteiger partial charge on any atom is -0.356 e. The van der Waals surface area contributed by atoms with Crippen LogP contribution in [0, 0.1) is 23.5 Å². The van der Waals surface area contributed by atoms with Crippen LogP contribution in [0.4, 0.5) is 14.6 Å². The summed E-state index contributed by atoms with van der Waals surface area (Å²) in [5.74, 6) is -0.0581. The molecular weight excluding hydrogens is 426 g/mol. The molecule has 2 aromatic heterocycles. The molecule has 2 saturated heterocycles. The lowest BCUT2D eigenvalue weighted by molar-refractivity contribution is 0.0777. The summed E-state index contributed by atoms with van der Waals surface area (Å²) in [6.07, 6.45) is 2.97. The molecule has 0 spiro atoms. The number of hydrogen-bond donors (Lipinski definition) is 0. The zero-order valence-electron chi connectivity index (χ0n) is 17.6. The second-order valence-electron chi connectivity index (χ2n) is 8.57. The molecule has 4 aromatic rings. The van der Waals surface area contributed by atoms with Gasteiger partial charge in [0.25, 0.3) is 5.91 Å². The minimum atomic E-state index is -0.587. The van der Waals surface area contributed by atoms with Crippen LogP contribution in [0.5, 0.6) is 0 Å². The molecule has 0 N–H and O–H groups in total. The number of carbonyl (C=O) groups excluding carboxylic acids is 1. The number of pyridine rings is 1. The molecule has 0 aliphatic carbocycles. The monoisotopic (exact) mass is 446 g/mol. The predicted octanol–water partition coefficient (Wildman–Crippen LogP) is 3.30. The first-order valence-electron chi connectivity index (χ1n) is 10.8. The number of halogens is 2. The fourth-order valence-electron chi connectivity index (χ4n) is 5.01. The summed E-state index contributed by atoms with van der Waals surface area (Å²) in [7, 11) is 0. The van der Waals surface area contributed by atoms with E-state index in [2.05, 4.69) is 20.1 Å². The molecule has 4 heterocycles. The van der Waals surface area contributed by atoms with Gasteiger partial charge in [-0.3, -0.25) is 4.79 Å². The van der Waals surface area contributed by atoms with Crippen molar-refractivity contribution < 1.29 is 13.6 Å². The Morgan fingerprint density at radius 1 is 0.848 bits per heavy atom. The largest absolute Gasteiger partial charge is 0.356 e. The fourth-order valence-corrected chi connectivity index (χ4v) is 5.01. The maximum absolute atomic E-state index is 14.7. The van der Waals surface area contributed by atoms with Crippen molar-refractivity contribution in [3.63, 3.8) is 0 Å². The van der Waals surface area contributed by atoms with Crippen LogP contribution in [-0.4, -0.2) is 57.0 Å². The number of fused-ring (bicyclic) bond motifs is 2. The van der Waals surface area contributed by atoms with Gasteiger partial charge in [-0.05, 0) is 30.3 Å². The smallest absolute Gasteiger partial charge is 0.259 e. The van der Waals surface area contributed by atoms with Crippen molar-refractivity contribution in [1.29, 1.82) is 0 Å². The van der Waals surface area contributed by atoms with Crippen molar-refractivity contribution in [3.8, 4) is 5.69 Å². The van der Waals surface area contributed by atoms with Crippen LogP contribution in [-0.2, 0) is 0 Å². The molecule has 2 atom stereocenters. The Hall–Kier alpha value is -3.88. The average Bonchev–Trinajstić information content (AvgIpc) is 3.55. The van der Waals surface area contributed by atoms with Crippen LogP contribution >= 0.6 is 0 Å². The second-order valence-corrected chi connectivity index (χ2v) is 8.57. The van der Waals surface area contributed by atoms with Gasteiger partial charge >= 0.3 is 0 Å². The maximum atomic E-state index is 14.7. The minimum absolute atomic E-state index is 0.0165. The Labute approximate surface area is 188 Å². The Bertz CT molecular complexity index is 1340. The maximum Gasteiger partial charge on any atom is 0.259 e. The first kappa shape index (κ1) is 19.8. The highest BCUT2D eigenvalue weighted by molar-refractivity contribution is 5.98. The highest BCUT2D eigenvalue weighted by Crippen LogP contribution is 2.35. The normalized spacial score (nSPS) is 19.9. The molecule has 2 unspecified atom stereocenters. The Morgan fingerprint density at radius 3 is 2.30 bits per heavy atom. The molecule has 2 aliphatic heterocycles. The number of benzene rings is 2. The Morgan fingerprint density at radius 2 is 1.55 bits per heavy atom. The fraction of sp³-hybridized carbons (Fsp3) is 0.250. The van der Waals surface area contributed by atoms with Crippen molar-refractivity contribution in [2.24, 2.45) is 11.8 Å². The van der Waals surface area contributed by atoms with E-state index >= 15 is 0 Å². The number of aromatic nitrogens is 4. The number of likely N-dealkylation sites (tertiary alicyclic amines) is 1. The van der Waals surface area contributed by atoms with Gasteiger partial charge in [0, 0.05) is 43.4 Å². The molecule has 6 rings (SSSR count). The summed E-state index contributed by atoms with van der Waals surface area (Å²) in [4.78, 5) is 23.0. The third-order valence-electron chi connectivity index (χ3n) is 6.59. The van der Waals surface area contributed by atoms with E-state index < -0.39 is 5.82 Å². The van der Waals surface area contributed by atoms with Gasteiger partial charge in [-0.2, -0.15) is 15.0 Å². The number of para-hydroxylation sites is 1. The summed E-state index contributed by atoms with van der Waals surface area (Å²) in [5, 5.41) is 8.87. The van der Waals surface area contributed by atoms with Gasteiger partial charge in [-0.1, -0.05) is 18.2 Å². The van der Waals surface area contributed by atoms with Crippen molar-refractivity contribution in [1.82, 2.24) is 24.9 Å². The molecule has 0 bridgehead atoms. The summed E-state index contributed by atoms with van der Waals surface area (Å²) in [5.41, 5.74) is 0.673. The highest BCUT2D eigenvalue weighted by atomic mass is 19.1. The van der Waals surface area contributed by atoms with Gasteiger partial charge < -0.3 is 9.80 Å². The number of hydrogen-bond acceptors (Lipinski definition) is 5. The highest BCUT2D eigenvalue weighted by Gasteiger charge is 2.43. The van der Waals surface area contributed by atoms with Gasteiger partial charge in [0.05, 0.1) is 12.4 Å². The summed E-state index contributed by atoms with van der Waals surface area (Å²) < 4.78 is 28.9. The molecular formula is C24H20F2N6O. The third kappa shape index (κ3) is 3.31. The quantitative estimate of drug-likeness (QED) is 0.483. The van der Waals surface area contributed by atoms with Crippen LogP contribution in [0.1, 0.15) is 10.4 Å². The molecule has 166 valence electrons. The number of anilines is 1. The van der Waals surface area contributed by atoms with E-state index in [0.717, 1.165) is 11.2 Å². The number of nitrogens with zero attached hydrogens (tertiary/aromatic N) is 6. The molecule has 7 nitrogen and oxygen atoms in total. The first-order chi connectivity index (χ1) is 16.1. The van der Waals surface area contributed by atoms with Crippen molar-refractivity contribution in [2.75, 3.05) is 31.1 Å². The molecule has 33 heavy (non-hydrogen) atoms. The van der Waals surface area contributed by atoms with E-state index in [1.807, 2.05) is 18.2 Å². The molecule has 2 aromatic carbocycles. The van der Waals surface area contributed by atoms with E-state index in [1.165, 1.54) is 29.3 Å². The molecule has 0 saturated carbocycles. The lowest BCUT2D eigenvalue weighted by Crippen LogP contribution is -2.34. The zero-order chi connectivity index (χ0) is 22.5. The van der Waals surface area contributed by atoms with Crippen molar-refractivity contribution in [3.05, 3.63) is 78.1 Å². The average molecular weight is 446 g/mol. The summed E-state index contributed by atoms with van der Waals surface area (Å²) in [6.45, 7) is 2.49. The molecule has 2 fully saturated rings. The number of carbonyl (C=O) groups is 1. The SMILES string of the molecule is O=C(c1c(F)cccc1-n1nccn1)N1CC2CN(c3ccc4cccc(F)c4n3)CC2C1. The molecule has 0 radical (unpaired) electrons. The van der Waals surface area contributed by atoms with Crippen molar-refractivity contribution >= 4 is 22.6 Å². The van der Waals surface area contributed by atoms with Gasteiger partial charge in [-0.15, -0.1) is 0 Å². The van der Waals surface area contributed by atoms with Gasteiger partial charge in [-0.25, -0.2) is 13.8 Å². The lowest BCUT2D eigenvalue weighted by atomic mass is 10.0. The van der Waals surface area contributed by atoms with Gasteiger partial charge in [0.2, 0.25) is 0 Å². The van der Waals surface area contributed by atoms with E-state index in [-0.39, 0.29) is 29.1 Å². The van der Waals surface area contributed by atoms with E-state index in [9.17, 15) is 13.6 Å². The summed E-state index contributed by atoms with van der Waals surface area (Å²) >= 11 is 0.